The molecule has 0 aromatic carbocycles. The van der Waals surface area contributed by atoms with Crippen molar-refractivity contribution in [1.82, 2.24) is 15.1 Å². The summed E-state index contributed by atoms with van der Waals surface area (Å²) in [6, 6.07) is 0. The van der Waals surface area contributed by atoms with Crippen LogP contribution in [-0.4, -0.2) is 27.5 Å². The molecule has 0 bridgehead atoms. The Morgan fingerprint density at radius 3 is 2.89 bits per heavy atom. The summed E-state index contributed by atoms with van der Waals surface area (Å²) in [6.07, 6.45) is 5.11. The number of hydrogen-bond acceptors (Lipinski definition) is 3. The van der Waals surface area contributed by atoms with Crippen molar-refractivity contribution in [3.05, 3.63) is 17.5 Å². The monoisotopic (exact) mass is 251 g/mol. The molecule has 102 valence electrons. The standard InChI is InChI=1S/C14H25N3O/c1-10(2)14-12(9-17(3)16-14)8-15-7-11-4-5-13(18)6-11/h9-11,13,15,18H,4-8H2,1-3H3. The molecule has 0 amide bonds. The highest BCUT2D eigenvalue weighted by Crippen LogP contribution is 2.24. The average molecular weight is 251 g/mol. The van der Waals surface area contributed by atoms with E-state index in [1.807, 2.05) is 11.7 Å². The van der Waals surface area contributed by atoms with Crippen LogP contribution in [0.25, 0.3) is 0 Å². The molecule has 1 aromatic heterocycles. The second-order valence-corrected chi connectivity index (χ2v) is 5.83. The Bertz CT molecular complexity index is 386. The first-order valence-corrected chi connectivity index (χ1v) is 6.97. The third-order valence-corrected chi connectivity index (χ3v) is 3.75. The number of aromatic nitrogens is 2. The molecule has 4 nitrogen and oxygen atoms in total. The smallest absolute Gasteiger partial charge is 0.0694 e. The van der Waals surface area contributed by atoms with Crippen molar-refractivity contribution in [1.29, 1.82) is 0 Å². The second kappa shape index (κ2) is 5.85. The third-order valence-electron chi connectivity index (χ3n) is 3.75. The van der Waals surface area contributed by atoms with Gasteiger partial charge >= 0.3 is 0 Å². The maximum Gasteiger partial charge on any atom is 0.0694 e. The quantitative estimate of drug-likeness (QED) is 0.839. The molecular formula is C14H25N3O. The van der Waals surface area contributed by atoms with Gasteiger partial charge in [-0.15, -0.1) is 0 Å². The summed E-state index contributed by atoms with van der Waals surface area (Å²) in [4.78, 5) is 0. The first-order chi connectivity index (χ1) is 8.56. The number of nitrogens with one attached hydrogen (secondary N) is 1. The molecule has 1 saturated carbocycles. The minimum atomic E-state index is -0.0681. The van der Waals surface area contributed by atoms with E-state index in [0.29, 0.717) is 11.8 Å². The van der Waals surface area contributed by atoms with E-state index in [1.54, 1.807) is 0 Å². The number of nitrogens with zero attached hydrogens (tertiary/aromatic N) is 2. The maximum atomic E-state index is 9.50. The largest absolute Gasteiger partial charge is 0.393 e. The Kier molecular flexibility index (Phi) is 4.40. The number of aliphatic hydroxyl groups is 1. The van der Waals surface area contributed by atoms with Gasteiger partial charge in [-0.2, -0.15) is 5.10 Å². The fraction of sp³-hybridized carbons (Fsp3) is 0.786. The summed E-state index contributed by atoms with van der Waals surface area (Å²) < 4.78 is 1.89. The van der Waals surface area contributed by atoms with Crippen molar-refractivity contribution in [3.63, 3.8) is 0 Å². The van der Waals surface area contributed by atoms with E-state index in [1.165, 1.54) is 11.3 Å². The number of hydrogen-bond donors (Lipinski definition) is 2. The van der Waals surface area contributed by atoms with Gasteiger partial charge in [0.1, 0.15) is 0 Å². The maximum absolute atomic E-state index is 9.50. The van der Waals surface area contributed by atoms with Crippen LogP contribution in [0.1, 0.15) is 50.3 Å². The molecule has 1 fully saturated rings. The van der Waals surface area contributed by atoms with E-state index in [-0.39, 0.29) is 6.10 Å². The lowest BCUT2D eigenvalue weighted by Crippen LogP contribution is -2.21. The molecule has 0 radical (unpaired) electrons. The fourth-order valence-electron chi connectivity index (χ4n) is 2.82. The van der Waals surface area contributed by atoms with E-state index in [0.717, 1.165) is 32.4 Å². The molecule has 0 saturated heterocycles. The Hall–Kier alpha value is -0.870. The molecule has 4 heteroatoms. The van der Waals surface area contributed by atoms with Gasteiger partial charge in [0.05, 0.1) is 11.8 Å². The molecule has 1 aliphatic rings. The van der Waals surface area contributed by atoms with E-state index < -0.39 is 0 Å². The van der Waals surface area contributed by atoms with Gasteiger partial charge in [0.2, 0.25) is 0 Å². The van der Waals surface area contributed by atoms with Crippen LogP contribution in [-0.2, 0) is 13.6 Å². The number of rotatable bonds is 5. The summed E-state index contributed by atoms with van der Waals surface area (Å²) >= 11 is 0. The summed E-state index contributed by atoms with van der Waals surface area (Å²) in [5.74, 6) is 1.11. The summed E-state index contributed by atoms with van der Waals surface area (Å²) in [6.45, 7) is 6.25. The zero-order valence-corrected chi connectivity index (χ0v) is 11.7. The molecule has 0 spiro atoms. The van der Waals surface area contributed by atoms with Gasteiger partial charge in [-0.1, -0.05) is 13.8 Å². The van der Waals surface area contributed by atoms with Crippen LogP contribution in [0.2, 0.25) is 0 Å². The first kappa shape index (κ1) is 13.6. The molecule has 1 aromatic rings. The lowest BCUT2D eigenvalue weighted by Gasteiger charge is -2.11. The van der Waals surface area contributed by atoms with Crippen LogP contribution in [0, 0.1) is 5.92 Å². The van der Waals surface area contributed by atoms with Crippen LogP contribution >= 0.6 is 0 Å². The Morgan fingerprint density at radius 1 is 1.50 bits per heavy atom. The fourth-order valence-corrected chi connectivity index (χ4v) is 2.82. The highest BCUT2D eigenvalue weighted by molar-refractivity contribution is 5.19. The number of aliphatic hydroxyl groups excluding tert-OH is 1. The van der Waals surface area contributed by atoms with Crippen LogP contribution in [0.5, 0.6) is 0 Å². The molecule has 1 heterocycles. The van der Waals surface area contributed by atoms with Gasteiger partial charge in [-0.3, -0.25) is 4.68 Å². The zero-order valence-electron chi connectivity index (χ0n) is 11.7. The second-order valence-electron chi connectivity index (χ2n) is 5.83. The lowest BCUT2D eigenvalue weighted by atomic mass is 10.1. The van der Waals surface area contributed by atoms with Gasteiger partial charge in [0.15, 0.2) is 0 Å². The molecule has 18 heavy (non-hydrogen) atoms. The third kappa shape index (κ3) is 3.33. The van der Waals surface area contributed by atoms with Crippen LogP contribution < -0.4 is 5.32 Å². The van der Waals surface area contributed by atoms with E-state index in [4.69, 9.17) is 0 Å². The predicted octanol–water partition coefficient (Wildman–Crippen LogP) is 1.79. The molecule has 1 aliphatic carbocycles. The molecule has 2 rings (SSSR count). The van der Waals surface area contributed by atoms with Gasteiger partial charge in [0.25, 0.3) is 0 Å². The predicted molar refractivity (Wildman–Crippen MR) is 72.4 cm³/mol. The Morgan fingerprint density at radius 2 is 2.28 bits per heavy atom. The van der Waals surface area contributed by atoms with Crippen molar-refractivity contribution in [2.24, 2.45) is 13.0 Å². The minimum Gasteiger partial charge on any atom is -0.393 e. The van der Waals surface area contributed by atoms with E-state index in [9.17, 15) is 5.11 Å². The van der Waals surface area contributed by atoms with Gasteiger partial charge in [0, 0.05) is 25.4 Å². The van der Waals surface area contributed by atoms with Crippen LogP contribution in [0.4, 0.5) is 0 Å². The lowest BCUT2D eigenvalue weighted by molar-refractivity contribution is 0.177. The Labute approximate surface area is 109 Å². The normalized spacial score (nSPS) is 24.1. The van der Waals surface area contributed by atoms with Crippen LogP contribution in [0.3, 0.4) is 0 Å². The molecule has 0 aliphatic heterocycles. The minimum absolute atomic E-state index is 0.0681. The van der Waals surface area contributed by atoms with Gasteiger partial charge in [-0.05, 0) is 37.6 Å². The summed E-state index contributed by atoms with van der Waals surface area (Å²) in [7, 11) is 1.97. The molecular weight excluding hydrogens is 226 g/mol. The van der Waals surface area contributed by atoms with E-state index >= 15 is 0 Å². The van der Waals surface area contributed by atoms with Crippen molar-refractivity contribution >= 4 is 0 Å². The van der Waals surface area contributed by atoms with Gasteiger partial charge in [-0.25, -0.2) is 0 Å². The molecule has 2 N–H and O–H groups in total. The van der Waals surface area contributed by atoms with Crippen molar-refractivity contribution in [2.45, 2.75) is 51.7 Å². The zero-order chi connectivity index (χ0) is 13.1. The van der Waals surface area contributed by atoms with E-state index in [2.05, 4.69) is 30.5 Å². The molecule has 2 atom stereocenters. The Balaban J connectivity index is 1.83. The topological polar surface area (TPSA) is 50.1 Å². The van der Waals surface area contributed by atoms with Gasteiger partial charge < -0.3 is 10.4 Å². The summed E-state index contributed by atoms with van der Waals surface area (Å²) in [5.41, 5.74) is 2.49. The highest BCUT2D eigenvalue weighted by Gasteiger charge is 2.22. The van der Waals surface area contributed by atoms with Crippen LogP contribution in [0.15, 0.2) is 6.20 Å². The SMILES string of the molecule is CC(C)c1nn(C)cc1CNCC1CCC(O)C1. The highest BCUT2D eigenvalue weighted by atomic mass is 16.3. The summed E-state index contributed by atoms with van der Waals surface area (Å²) in [5, 5.41) is 17.5. The average Bonchev–Trinajstić information content (AvgIpc) is 2.85. The number of aryl methyl sites for hydroxylation is 1. The van der Waals surface area contributed by atoms with Crippen molar-refractivity contribution < 1.29 is 5.11 Å². The molecule has 2 unspecified atom stereocenters. The van der Waals surface area contributed by atoms with Crippen molar-refractivity contribution in [3.8, 4) is 0 Å². The van der Waals surface area contributed by atoms with Crippen molar-refractivity contribution in [2.75, 3.05) is 6.54 Å². The first-order valence-electron chi connectivity index (χ1n) is 6.97.